The Morgan fingerprint density at radius 3 is 1.27 bits per heavy atom. The van der Waals surface area contributed by atoms with Gasteiger partial charge in [-0.25, -0.2) is 33.8 Å². The Bertz CT molecular complexity index is 4130. The molecule has 6 aliphatic heterocycles. The standard InChI is InChI=1S/C29H43N5O6S.C19H27N5O2S.C19H28N2O2.C10H15N3O4S/c1-27(2,3)39-25(35)31-41(37,38)33-19-29(20-33,14-15-30)32-16-12-22(13-17-32)34(26(36)40-28(4,5)6)24-18-23(24)21-10-8-7-9-11-21;20-9-8-19(13-24(14-19)27(21,25)26)23-10-6-16(7-11-23)22-18-12-17(18)15-4-2-1-3-5-15;1-19(2,3)23-18(22)21(15-9-11-20-12-10-15)17-13-16(17)14-7-5-4-6-8-14;1-10(2,3)17-9(14)12-18(15,16)13-6-8(7-13)4-5-11/h7-11,22-24H,12-14,16-20H2,1-6H3,(H,31,35);1-5,16-18,22H,6-8,10-14H2,(H2,21,25,26);4-8,15-17,20H,9-13H2,1-3H3;4H,6-7H2,1-3H3,(H,12,14)/t23-,24+;17-,18+;16-,17+;/m000./s1. The molecule has 109 heavy (non-hydrogen) atoms. The summed E-state index contributed by atoms with van der Waals surface area (Å²) in [7, 11) is -11.7. The van der Waals surface area contributed by atoms with Crippen LogP contribution in [0, 0.1) is 34.0 Å². The van der Waals surface area contributed by atoms with Gasteiger partial charge in [0.25, 0.3) is 10.2 Å². The first-order valence-electron chi connectivity index (χ1n) is 37.8. The SMILES string of the molecule is CC(C)(C)OC(=O)N(C1CCNCC1)[C@@H]1C[C@H]1c1ccccc1.CC(C)(C)OC(=O)NS(=O)(=O)N1CC(=CC#N)C1.CC(C)(C)OC(=O)NS(=O)(=O)N1CC(CC#N)(N2CCC(N(C(=O)OC(C)(C)C)[C@@H]3C[C@H]3c3ccccc3)CC2)C1.N#CCC1(N2CCC(N[C@@H]3C[C@H]3c3ccccc3)CC2)CN(S(N)(=O)=O)C1. The summed E-state index contributed by atoms with van der Waals surface area (Å²) in [6.45, 7) is 27.3. The highest BCUT2D eigenvalue weighted by molar-refractivity contribution is 7.88. The van der Waals surface area contributed by atoms with Crippen LogP contribution in [0.3, 0.4) is 0 Å². The van der Waals surface area contributed by atoms with Crippen molar-refractivity contribution in [2.75, 3.05) is 78.5 Å². The first kappa shape index (κ1) is 85.5. The van der Waals surface area contributed by atoms with Crippen LogP contribution in [-0.4, -0.2) is 230 Å². The summed E-state index contributed by atoms with van der Waals surface area (Å²) in [5.74, 6) is 1.36. The van der Waals surface area contributed by atoms with Gasteiger partial charge in [0, 0.05) is 126 Å². The molecule has 0 unspecified atom stereocenters. The maximum absolute atomic E-state index is 13.4. The van der Waals surface area contributed by atoms with Gasteiger partial charge in [-0.3, -0.25) is 9.80 Å². The topological polar surface area (TPSA) is 376 Å². The first-order valence-corrected chi connectivity index (χ1v) is 42.2. The van der Waals surface area contributed by atoms with E-state index >= 15 is 0 Å². The minimum Gasteiger partial charge on any atom is -0.444 e. The van der Waals surface area contributed by atoms with E-state index in [0.717, 1.165) is 69.0 Å². The lowest BCUT2D eigenvalue weighted by molar-refractivity contribution is -0.0416. The van der Waals surface area contributed by atoms with Crippen molar-refractivity contribution in [1.29, 1.82) is 15.8 Å². The van der Waals surface area contributed by atoms with E-state index in [1.165, 1.54) is 37.8 Å². The van der Waals surface area contributed by atoms with Crippen molar-refractivity contribution in [3.63, 3.8) is 0 Å². The summed E-state index contributed by atoms with van der Waals surface area (Å²) < 4.78 is 101. The van der Waals surface area contributed by atoms with Gasteiger partial charge in [0.05, 0.1) is 42.1 Å². The summed E-state index contributed by atoms with van der Waals surface area (Å²) in [4.78, 5) is 58.1. The molecule has 0 bridgehead atoms. The number of carbonyl (C=O) groups excluding carboxylic acids is 4. The number of hydrogen-bond donors (Lipinski definition) is 5. The third-order valence-corrected chi connectivity index (χ3v) is 24.4. The molecular formula is C77H113N15O14S3. The van der Waals surface area contributed by atoms with Gasteiger partial charge in [-0.1, -0.05) is 91.0 Å². The highest BCUT2D eigenvalue weighted by Crippen LogP contribution is 2.49. The average Bonchev–Trinajstić information content (AvgIpc) is 1.65. The smallest absolute Gasteiger partial charge is 0.422 e. The van der Waals surface area contributed by atoms with E-state index in [9.17, 15) is 55.0 Å². The van der Waals surface area contributed by atoms with Crippen LogP contribution < -0.4 is 25.2 Å². The van der Waals surface area contributed by atoms with Crippen molar-refractivity contribution in [2.24, 2.45) is 5.14 Å². The molecule has 598 valence electrons. The molecule has 29 nitrogen and oxygen atoms in total. The second kappa shape index (κ2) is 35.0. The summed E-state index contributed by atoms with van der Waals surface area (Å²) in [6, 6.07) is 39.4. The second-order valence-electron chi connectivity index (χ2n) is 34.0. The maximum Gasteiger partial charge on any atom is 0.422 e. The van der Waals surface area contributed by atoms with Crippen molar-refractivity contribution >= 4 is 55.0 Å². The molecule has 0 spiro atoms. The zero-order chi connectivity index (χ0) is 79.7. The number of ether oxygens (including phenoxy) is 4. The number of piperidine rings is 3. The van der Waals surface area contributed by atoms with Crippen molar-refractivity contribution in [3.8, 4) is 18.2 Å². The molecule has 4 amide bonds. The van der Waals surface area contributed by atoms with E-state index in [1.807, 2.05) is 86.4 Å². The summed E-state index contributed by atoms with van der Waals surface area (Å²) >= 11 is 0. The van der Waals surface area contributed by atoms with Gasteiger partial charge < -0.3 is 39.4 Å². The highest BCUT2D eigenvalue weighted by Gasteiger charge is 2.56. The van der Waals surface area contributed by atoms with Crippen LogP contribution in [-0.2, 0) is 49.6 Å². The van der Waals surface area contributed by atoms with Gasteiger partial charge in [0.1, 0.15) is 22.4 Å². The third kappa shape index (κ3) is 24.0. The number of rotatable bonds is 18. The van der Waals surface area contributed by atoms with Crippen molar-refractivity contribution in [3.05, 3.63) is 119 Å². The molecule has 6 heterocycles. The monoisotopic (exact) mass is 1570 g/mol. The molecular weight excluding hydrogens is 1460 g/mol. The number of nitrogens with one attached hydrogen (secondary N) is 4. The quantitative estimate of drug-likeness (QED) is 0.0586. The van der Waals surface area contributed by atoms with Crippen molar-refractivity contribution in [1.82, 2.24) is 52.6 Å². The third-order valence-electron chi connectivity index (χ3n) is 20.7. The minimum atomic E-state index is -4.11. The summed E-state index contributed by atoms with van der Waals surface area (Å²) in [6.07, 6.45) is 7.88. The molecule has 0 radical (unpaired) electrons. The lowest BCUT2D eigenvalue weighted by atomic mass is 9.84. The number of amides is 4. The van der Waals surface area contributed by atoms with E-state index in [0.29, 0.717) is 81.0 Å². The number of likely N-dealkylation sites (tertiary alicyclic amines) is 2. The van der Waals surface area contributed by atoms with Gasteiger partial charge in [-0.15, -0.1) is 0 Å². The Kier molecular flexibility index (Phi) is 27.5. The second-order valence-corrected chi connectivity index (χ2v) is 38.9. The zero-order valence-corrected chi connectivity index (χ0v) is 67.6. The maximum atomic E-state index is 13.4. The molecule has 6 atom stereocenters. The number of nitrogens with two attached hydrogens (primary N) is 1. The lowest BCUT2D eigenvalue weighted by Gasteiger charge is -2.56. The predicted molar refractivity (Wildman–Crippen MR) is 411 cm³/mol. The van der Waals surface area contributed by atoms with E-state index in [4.69, 9.17) is 29.3 Å². The van der Waals surface area contributed by atoms with Crippen LogP contribution in [0.4, 0.5) is 19.2 Å². The fourth-order valence-corrected chi connectivity index (χ4v) is 18.3. The number of allylic oxidation sites excluding steroid dienone is 1. The summed E-state index contributed by atoms with van der Waals surface area (Å²) in [5.41, 5.74) is 0.997. The molecule has 9 fully saturated rings. The molecule has 9 aliphatic rings. The Morgan fingerprint density at radius 2 is 0.890 bits per heavy atom. The van der Waals surface area contributed by atoms with Crippen molar-refractivity contribution < 1.29 is 63.4 Å². The number of nitrogens with zero attached hydrogens (tertiary/aromatic N) is 10. The first-order chi connectivity index (χ1) is 51.0. The van der Waals surface area contributed by atoms with Crippen LogP contribution in [0.2, 0.25) is 0 Å². The normalized spacial score (nSPS) is 24.0. The zero-order valence-electron chi connectivity index (χ0n) is 65.2. The number of benzene rings is 3. The largest absolute Gasteiger partial charge is 0.444 e. The van der Waals surface area contributed by atoms with E-state index in [1.54, 1.807) is 46.3 Å². The Labute approximate surface area is 645 Å². The average molecular weight is 1570 g/mol. The fourth-order valence-electron chi connectivity index (χ4n) is 15.2. The molecule has 0 aromatic heterocycles. The molecule has 3 aliphatic carbocycles. The lowest BCUT2D eigenvalue weighted by Crippen LogP contribution is -2.73. The molecule has 6 N–H and O–H groups in total. The van der Waals surface area contributed by atoms with Crippen LogP contribution in [0.1, 0.15) is 188 Å². The van der Waals surface area contributed by atoms with E-state index < -0.39 is 70.8 Å². The number of carbonyl (C=O) groups is 4. The fraction of sp³-hybridized carbons (Fsp3) is 0.649. The van der Waals surface area contributed by atoms with Gasteiger partial charge in [-0.2, -0.15) is 54.0 Å². The Balaban J connectivity index is 0.000000176. The molecule has 3 aromatic carbocycles. The van der Waals surface area contributed by atoms with Crippen LogP contribution in [0.25, 0.3) is 0 Å². The van der Waals surface area contributed by atoms with Crippen LogP contribution >= 0.6 is 0 Å². The molecule has 6 saturated heterocycles. The Morgan fingerprint density at radius 1 is 0.523 bits per heavy atom. The van der Waals surface area contributed by atoms with Gasteiger partial charge in [0.15, 0.2) is 0 Å². The minimum absolute atomic E-state index is 0.0207. The van der Waals surface area contributed by atoms with E-state index in [2.05, 4.69) is 99.3 Å². The molecule has 3 saturated carbocycles. The number of hydrogen-bond acceptors (Lipinski definition) is 21. The highest BCUT2D eigenvalue weighted by atomic mass is 32.2. The molecule has 3 aromatic rings. The Hall–Kier alpha value is -7.52. The van der Waals surface area contributed by atoms with Crippen molar-refractivity contribution in [2.45, 2.75) is 241 Å². The van der Waals surface area contributed by atoms with Crippen LogP contribution in [0.5, 0.6) is 0 Å². The van der Waals surface area contributed by atoms with Gasteiger partial charge in [0.2, 0.25) is 0 Å². The van der Waals surface area contributed by atoms with E-state index in [-0.39, 0.29) is 74.4 Å². The molecule has 32 heteroatoms. The number of nitriles is 3. The predicted octanol–water partition coefficient (Wildman–Crippen LogP) is 8.80. The van der Waals surface area contributed by atoms with Gasteiger partial charge in [-0.05, 0) is 176 Å². The van der Waals surface area contributed by atoms with Crippen LogP contribution in [0.15, 0.2) is 103 Å². The summed E-state index contributed by atoms with van der Waals surface area (Å²) in [5, 5.41) is 39.6. The molecule has 12 rings (SSSR count). The van der Waals surface area contributed by atoms with Gasteiger partial charge >= 0.3 is 44.8 Å².